The van der Waals surface area contributed by atoms with E-state index in [-0.39, 0.29) is 5.92 Å². The lowest BCUT2D eigenvalue weighted by atomic mass is 10.1. The summed E-state index contributed by atoms with van der Waals surface area (Å²) >= 11 is 0. The number of fused-ring (bicyclic) bond motifs is 1. The predicted molar refractivity (Wildman–Crippen MR) is 60.8 cm³/mol. The van der Waals surface area contributed by atoms with Gasteiger partial charge in [0.1, 0.15) is 5.75 Å². The number of ether oxygens (including phenoxy) is 1. The van der Waals surface area contributed by atoms with Crippen molar-refractivity contribution in [2.75, 3.05) is 6.61 Å². The normalized spacial score (nSPS) is 18.2. The molecule has 3 nitrogen and oxygen atoms in total. The van der Waals surface area contributed by atoms with Gasteiger partial charge in [-0.15, -0.1) is 0 Å². The number of hydrogen-bond donors (Lipinski definition) is 1. The van der Waals surface area contributed by atoms with E-state index >= 15 is 0 Å². The monoisotopic (exact) mass is 220 g/mol. The molecular weight excluding hydrogens is 204 g/mol. The van der Waals surface area contributed by atoms with Gasteiger partial charge in [0, 0.05) is 0 Å². The molecule has 1 N–H and O–H groups in total. The lowest BCUT2D eigenvalue weighted by Gasteiger charge is -2.09. The average Bonchev–Trinajstić information content (AvgIpc) is 2.70. The fourth-order valence-corrected chi connectivity index (χ4v) is 2.14. The van der Waals surface area contributed by atoms with Gasteiger partial charge in [0.2, 0.25) is 0 Å². The third kappa shape index (κ3) is 2.03. The summed E-state index contributed by atoms with van der Waals surface area (Å²) < 4.78 is 5.63. The van der Waals surface area contributed by atoms with E-state index in [1.54, 1.807) is 0 Å². The summed E-state index contributed by atoms with van der Waals surface area (Å²) in [6.07, 6.45) is 2.20. The molecule has 0 spiro atoms. The summed E-state index contributed by atoms with van der Waals surface area (Å²) in [7, 11) is 0. The molecule has 0 aliphatic heterocycles. The van der Waals surface area contributed by atoms with Crippen LogP contribution in [0.5, 0.6) is 5.75 Å². The van der Waals surface area contributed by atoms with E-state index in [4.69, 9.17) is 9.84 Å². The number of hydrogen-bond acceptors (Lipinski definition) is 2. The summed E-state index contributed by atoms with van der Waals surface area (Å²) in [4.78, 5) is 11.0. The molecule has 1 aromatic rings. The Labute approximate surface area is 95.0 Å². The lowest BCUT2D eigenvalue weighted by molar-refractivity contribution is -0.141. The van der Waals surface area contributed by atoms with Crippen molar-refractivity contribution in [1.82, 2.24) is 0 Å². The first kappa shape index (κ1) is 11.0. The van der Waals surface area contributed by atoms with Gasteiger partial charge in [-0.05, 0) is 36.5 Å². The van der Waals surface area contributed by atoms with E-state index in [2.05, 4.69) is 6.92 Å². The quantitative estimate of drug-likeness (QED) is 0.846. The first-order valence-electron chi connectivity index (χ1n) is 5.68. The average molecular weight is 220 g/mol. The largest absolute Gasteiger partial charge is 0.493 e. The van der Waals surface area contributed by atoms with Gasteiger partial charge in [0.25, 0.3) is 0 Å². The van der Waals surface area contributed by atoms with E-state index in [0.29, 0.717) is 19.4 Å². The van der Waals surface area contributed by atoms with Gasteiger partial charge in [-0.25, -0.2) is 0 Å². The molecule has 86 valence electrons. The van der Waals surface area contributed by atoms with Gasteiger partial charge in [-0.2, -0.15) is 0 Å². The standard InChI is InChI=1S/C13H16O3/c1-2-6-16-12-5-3-4-9-7-10(13(14)15)8-11(9)12/h3-5,10H,2,6-8H2,1H3,(H,14,15). The van der Waals surface area contributed by atoms with Crippen LogP contribution in [0.3, 0.4) is 0 Å². The molecule has 0 fully saturated rings. The maximum Gasteiger partial charge on any atom is 0.307 e. The Kier molecular flexibility index (Phi) is 3.13. The molecule has 0 aromatic heterocycles. The Morgan fingerprint density at radius 3 is 3.00 bits per heavy atom. The van der Waals surface area contributed by atoms with Crippen LogP contribution >= 0.6 is 0 Å². The number of carbonyl (C=O) groups is 1. The highest BCUT2D eigenvalue weighted by Crippen LogP contribution is 2.33. The lowest BCUT2D eigenvalue weighted by Crippen LogP contribution is -2.13. The smallest absolute Gasteiger partial charge is 0.307 e. The molecule has 0 radical (unpaired) electrons. The molecule has 1 aliphatic carbocycles. The van der Waals surface area contributed by atoms with Crippen molar-refractivity contribution in [2.24, 2.45) is 5.92 Å². The predicted octanol–water partition coefficient (Wildman–Crippen LogP) is 2.27. The van der Waals surface area contributed by atoms with E-state index in [1.807, 2.05) is 18.2 Å². The van der Waals surface area contributed by atoms with Crippen LogP contribution in [-0.2, 0) is 17.6 Å². The highest BCUT2D eigenvalue weighted by molar-refractivity contribution is 5.72. The number of carboxylic acids is 1. The van der Waals surface area contributed by atoms with Crippen LogP contribution in [-0.4, -0.2) is 17.7 Å². The highest BCUT2D eigenvalue weighted by atomic mass is 16.5. The maximum absolute atomic E-state index is 11.0. The Hall–Kier alpha value is -1.51. The molecule has 0 saturated carbocycles. The fourth-order valence-electron chi connectivity index (χ4n) is 2.14. The second-order valence-corrected chi connectivity index (χ2v) is 4.19. The molecule has 1 atom stereocenters. The van der Waals surface area contributed by atoms with Gasteiger partial charge in [0.15, 0.2) is 0 Å². The molecule has 0 saturated heterocycles. The molecule has 0 amide bonds. The second kappa shape index (κ2) is 4.56. The SMILES string of the molecule is CCCOc1cccc2c1CC(C(=O)O)C2. The third-order valence-corrected chi connectivity index (χ3v) is 2.96. The molecular formula is C13H16O3. The molecule has 1 aromatic carbocycles. The number of aliphatic carboxylic acids is 1. The van der Waals surface area contributed by atoms with Crippen molar-refractivity contribution in [1.29, 1.82) is 0 Å². The molecule has 0 bridgehead atoms. The van der Waals surface area contributed by atoms with Crippen LogP contribution in [0.1, 0.15) is 24.5 Å². The van der Waals surface area contributed by atoms with Gasteiger partial charge in [0.05, 0.1) is 12.5 Å². The van der Waals surface area contributed by atoms with Gasteiger partial charge >= 0.3 is 5.97 Å². The van der Waals surface area contributed by atoms with Crippen molar-refractivity contribution in [3.05, 3.63) is 29.3 Å². The van der Waals surface area contributed by atoms with Crippen LogP contribution in [0.2, 0.25) is 0 Å². The Bertz CT molecular complexity index is 398. The fraction of sp³-hybridized carbons (Fsp3) is 0.462. The highest BCUT2D eigenvalue weighted by Gasteiger charge is 2.29. The van der Waals surface area contributed by atoms with E-state index in [0.717, 1.165) is 23.3 Å². The zero-order valence-corrected chi connectivity index (χ0v) is 9.40. The number of carboxylic acid groups (broad SMARTS) is 1. The summed E-state index contributed by atoms with van der Waals surface area (Å²) in [6, 6.07) is 5.86. The van der Waals surface area contributed by atoms with Crippen LogP contribution in [0, 0.1) is 5.92 Å². The van der Waals surface area contributed by atoms with Crippen molar-refractivity contribution in [2.45, 2.75) is 26.2 Å². The molecule has 1 unspecified atom stereocenters. The second-order valence-electron chi connectivity index (χ2n) is 4.19. The van der Waals surface area contributed by atoms with Gasteiger partial charge < -0.3 is 9.84 Å². The minimum atomic E-state index is -0.711. The summed E-state index contributed by atoms with van der Waals surface area (Å²) in [5.74, 6) is -0.123. The first-order valence-corrected chi connectivity index (χ1v) is 5.68. The molecule has 0 heterocycles. The maximum atomic E-state index is 11.0. The van der Waals surface area contributed by atoms with E-state index in [9.17, 15) is 4.79 Å². The number of benzene rings is 1. The van der Waals surface area contributed by atoms with Crippen LogP contribution in [0.15, 0.2) is 18.2 Å². The Morgan fingerprint density at radius 2 is 2.31 bits per heavy atom. The van der Waals surface area contributed by atoms with Crippen molar-refractivity contribution >= 4 is 5.97 Å². The summed E-state index contributed by atoms with van der Waals surface area (Å²) in [5.41, 5.74) is 2.21. The molecule has 2 rings (SSSR count). The molecule has 1 aliphatic rings. The van der Waals surface area contributed by atoms with E-state index in [1.165, 1.54) is 0 Å². The summed E-state index contributed by atoms with van der Waals surface area (Å²) in [6.45, 7) is 2.75. The van der Waals surface area contributed by atoms with Gasteiger partial charge in [-0.3, -0.25) is 4.79 Å². The van der Waals surface area contributed by atoms with Gasteiger partial charge in [-0.1, -0.05) is 19.1 Å². The van der Waals surface area contributed by atoms with Crippen LogP contribution < -0.4 is 4.74 Å². The Balaban J connectivity index is 2.20. The van der Waals surface area contributed by atoms with Crippen molar-refractivity contribution in [3.63, 3.8) is 0 Å². The van der Waals surface area contributed by atoms with Crippen LogP contribution in [0.25, 0.3) is 0 Å². The van der Waals surface area contributed by atoms with E-state index < -0.39 is 5.97 Å². The molecule has 3 heteroatoms. The minimum absolute atomic E-state index is 0.277. The topological polar surface area (TPSA) is 46.5 Å². The number of rotatable bonds is 4. The zero-order chi connectivity index (χ0) is 11.5. The summed E-state index contributed by atoms with van der Waals surface area (Å²) in [5, 5.41) is 9.01. The van der Waals surface area contributed by atoms with Crippen molar-refractivity contribution in [3.8, 4) is 5.75 Å². The minimum Gasteiger partial charge on any atom is -0.493 e. The third-order valence-electron chi connectivity index (χ3n) is 2.96. The first-order chi connectivity index (χ1) is 7.72. The van der Waals surface area contributed by atoms with Crippen LogP contribution in [0.4, 0.5) is 0 Å². The Morgan fingerprint density at radius 1 is 1.50 bits per heavy atom. The molecule has 16 heavy (non-hydrogen) atoms. The van der Waals surface area contributed by atoms with Crippen molar-refractivity contribution < 1.29 is 14.6 Å². The zero-order valence-electron chi connectivity index (χ0n) is 9.40.